The van der Waals surface area contributed by atoms with E-state index in [1.807, 2.05) is 0 Å². The molecule has 0 bridgehead atoms. The van der Waals surface area contributed by atoms with Gasteiger partial charge in [0.25, 0.3) is 0 Å². The maximum Gasteiger partial charge on any atom is 0.00724 e. The minimum atomic E-state index is 0.605. The minimum absolute atomic E-state index is 0.605. The van der Waals surface area contributed by atoms with Gasteiger partial charge in [-0.25, -0.2) is 0 Å². The summed E-state index contributed by atoms with van der Waals surface area (Å²) < 4.78 is 0. The van der Waals surface area contributed by atoms with Gasteiger partial charge in [0.15, 0.2) is 0 Å². The molecular formula is C13H25N. The Labute approximate surface area is 88.7 Å². The zero-order valence-corrected chi connectivity index (χ0v) is 9.81. The van der Waals surface area contributed by atoms with E-state index in [9.17, 15) is 0 Å². The van der Waals surface area contributed by atoms with Crippen LogP contribution in [-0.2, 0) is 0 Å². The maximum atomic E-state index is 3.78. The van der Waals surface area contributed by atoms with Crippen molar-refractivity contribution in [1.82, 2.24) is 5.32 Å². The third-order valence-electron chi connectivity index (χ3n) is 4.14. The lowest BCUT2D eigenvalue weighted by Crippen LogP contribution is -2.31. The van der Waals surface area contributed by atoms with E-state index in [2.05, 4.69) is 19.2 Å². The Balaban J connectivity index is 1.66. The first-order chi connectivity index (χ1) is 6.66. The fourth-order valence-electron chi connectivity index (χ4n) is 3.16. The van der Waals surface area contributed by atoms with E-state index in [0.29, 0.717) is 5.41 Å². The van der Waals surface area contributed by atoms with E-state index in [0.717, 1.165) is 12.0 Å². The lowest BCUT2D eigenvalue weighted by Gasteiger charge is -2.19. The predicted molar refractivity (Wildman–Crippen MR) is 61.4 cm³/mol. The third-order valence-corrected chi connectivity index (χ3v) is 4.14. The molecule has 1 unspecified atom stereocenters. The summed E-state index contributed by atoms with van der Waals surface area (Å²) in [5.41, 5.74) is 0.605. The summed E-state index contributed by atoms with van der Waals surface area (Å²) in [6.07, 6.45) is 10.1. The first-order valence-corrected chi connectivity index (χ1v) is 6.39. The smallest absolute Gasteiger partial charge is 0.00724 e. The Hall–Kier alpha value is -0.0400. The molecule has 0 heterocycles. The normalized spacial score (nSPS) is 32.6. The van der Waals surface area contributed by atoms with Crippen LogP contribution in [0.25, 0.3) is 0 Å². The molecule has 1 nitrogen and oxygen atoms in total. The van der Waals surface area contributed by atoms with Crippen molar-refractivity contribution < 1.29 is 0 Å². The van der Waals surface area contributed by atoms with Crippen LogP contribution < -0.4 is 5.32 Å². The van der Waals surface area contributed by atoms with Gasteiger partial charge >= 0.3 is 0 Å². The maximum absolute atomic E-state index is 3.78. The second kappa shape index (κ2) is 4.22. The van der Waals surface area contributed by atoms with Crippen LogP contribution in [0.5, 0.6) is 0 Å². The van der Waals surface area contributed by atoms with Crippen molar-refractivity contribution in [2.24, 2.45) is 11.3 Å². The van der Waals surface area contributed by atoms with E-state index in [-0.39, 0.29) is 0 Å². The zero-order valence-electron chi connectivity index (χ0n) is 9.81. The molecule has 2 rings (SSSR count). The van der Waals surface area contributed by atoms with Crippen molar-refractivity contribution in [3.05, 3.63) is 0 Å². The van der Waals surface area contributed by atoms with Gasteiger partial charge in [0, 0.05) is 6.04 Å². The van der Waals surface area contributed by atoms with Crippen LogP contribution in [0.1, 0.15) is 58.8 Å². The highest BCUT2D eigenvalue weighted by Crippen LogP contribution is 2.37. The van der Waals surface area contributed by atoms with Crippen LogP contribution in [0.3, 0.4) is 0 Å². The number of hydrogen-bond donors (Lipinski definition) is 1. The summed E-state index contributed by atoms with van der Waals surface area (Å²) in [5, 5.41) is 3.78. The summed E-state index contributed by atoms with van der Waals surface area (Å²) in [7, 11) is 0. The summed E-state index contributed by atoms with van der Waals surface area (Å²) in [4.78, 5) is 0. The molecule has 2 aliphatic carbocycles. The molecule has 0 radical (unpaired) electrons. The molecule has 82 valence electrons. The van der Waals surface area contributed by atoms with E-state index in [1.54, 1.807) is 0 Å². The topological polar surface area (TPSA) is 12.0 Å². The lowest BCUT2D eigenvalue weighted by molar-refractivity contribution is 0.356. The van der Waals surface area contributed by atoms with Crippen molar-refractivity contribution in [2.45, 2.75) is 64.8 Å². The van der Waals surface area contributed by atoms with Gasteiger partial charge in [-0.1, -0.05) is 26.7 Å². The average Bonchev–Trinajstić information content (AvgIpc) is 2.70. The molecule has 0 aliphatic heterocycles. The monoisotopic (exact) mass is 195 g/mol. The second-order valence-corrected chi connectivity index (χ2v) is 6.16. The molecule has 0 aromatic rings. The molecular weight excluding hydrogens is 170 g/mol. The van der Waals surface area contributed by atoms with Gasteiger partial charge in [0.1, 0.15) is 0 Å². The summed E-state index contributed by atoms with van der Waals surface area (Å²) >= 11 is 0. The number of nitrogens with one attached hydrogen (secondary N) is 1. The van der Waals surface area contributed by atoms with Crippen molar-refractivity contribution in [3.8, 4) is 0 Å². The zero-order chi connectivity index (χ0) is 10.0. The van der Waals surface area contributed by atoms with Crippen LogP contribution in [0, 0.1) is 11.3 Å². The predicted octanol–water partition coefficient (Wildman–Crippen LogP) is 3.34. The molecule has 0 aromatic carbocycles. The fourth-order valence-corrected chi connectivity index (χ4v) is 3.16. The van der Waals surface area contributed by atoms with Gasteiger partial charge in [0.2, 0.25) is 0 Å². The molecule has 1 atom stereocenters. The molecule has 0 amide bonds. The molecule has 2 saturated carbocycles. The van der Waals surface area contributed by atoms with Crippen molar-refractivity contribution in [3.63, 3.8) is 0 Å². The molecule has 0 saturated heterocycles. The quantitative estimate of drug-likeness (QED) is 0.728. The third kappa shape index (κ3) is 2.73. The second-order valence-electron chi connectivity index (χ2n) is 6.16. The van der Waals surface area contributed by atoms with Gasteiger partial charge in [-0.3, -0.25) is 0 Å². The summed E-state index contributed by atoms with van der Waals surface area (Å²) in [5.74, 6) is 0.999. The van der Waals surface area contributed by atoms with Crippen LogP contribution in [0.15, 0.2) is 0 Å². The van der Waals surface area contributed by atoms with Gasteiger partial charge < -0.3 is 5.32 Å². The van der Waals surface area contributed by atoms with Crippen molar-refractivity contribution in [2.75, 3.05) is 6.54 Å². The summed E-state index contributed by atoms with van der Waals surface area (Å²) in [6.45, 7) is 6.11. The van der Waals surface area contributed by atoms with Crippen LogP contribution in [0.2, 0.25) is 0 Å². The van der Waals surface area contributed by atoms with Gasteiger partial charge in [0.05, 0.1) is 0 Å². The molecule has 14 heavy (non-hydrogen) atoms. The van der Waals surface area contributed by atoms with Crippen molar-refractivity contribution in [1.29, 1.82) is 0 Å². The largest absolute Gasteiger partial charge is 0.314 e. The Bertz CT molecular complexity index is 180. The first kappa shape index (κ1) is 10.5. The lowest BCUT2D eigenvalue weighted by atomic mass is 9.92. The standard InChI is InChI=1S/C13H25N/c1-13(2)8-7-12(9-13)14-10-11-5-3-4-6-11/h11-12,14H,3-10H2,1-2H3. The van der Waals surface area contributed by atoms with E-state index < -0.39 is 0 Å². The van der Waals surface area contributed by atoms with E-state index in [4.69, 9.17) is 0 Å². The first-order valence-electron chi connectivity index (χ1n) is 6.39. The molecule has 0 aromatic heterocycles. The highest BCUT2D eigenvalue weighted by molar-refractivity contribution is 4.87. The minimum Gasteiger partial charge on any atom is -0.314 e. The molecule has 1 heteroatoms. The average molecular weight is 195 g/mol. The highest BCUT2D eigenvalue weighted by atomic mass is 14.9. The Morgan fingerprint density at radius 1 is 1.14 bits per heavy atom. The SMILES string of the molecule is CC1(C)CCC(NCC2CCCC2)C1. The van der Waals surface area contributed by atoms with Crippen LogP contribution >= 0.6 is 0 Å². The van der Waals surface area contributed by atoms with Crippen LogP contribution in [0.4, 0.5) is 0 Å². The summed E-state index contributed by atoms with van der Waals surface area (Å²) in [6, 6.07) is 0.825. The number of hydrogen-bond acceptors (Lipinski definition) is 1. The Kier molecular flexibility index (Phi) is 3.16. The molecule has 1 N–H and O–H groups in total. The number of rotatable bonds is 3. The van der Waals surface area contributed by atoms with Crippen molar-refractivity contribution >= 4 is 0 Å². The van der Waals surface area contributed by atoms with Crippen LogP contribution in [-0.4, -0.2) is 12.6 Å². The Morgan fingerprint density at radius 3 is 2.43 bits per heavy atom. The van der Waals surface area contributed by atoms with Gasteiger partial charge in [-0.2, -0.15) is 0 Å². The molecule has 2 aliphatic rings. The van der Waals surface area contributed by atoms with Gasteiger partial charge in [-0.05, 0) is 50.0 Å². The van der Waals surface area contributed by atoms with E-state index >= 15 is 0 Å². The van der Waals surface area contributed by atoms with E-state index in [1.165, 1.54) is 51.5 Å². The molecule has 2 fully saturated rings. The highest BCUT2D eigenvalue weighted by Gasteiger charge is 2.30. The van der Waals surface area contributed by atoms with Gasteiger partial charge in [-0.15, -0.1) is 0 Å². The Morgan fingerprint density at radius 2 is 1.86 bits per heavy atom. The molecule has 0 spiro atoms. The fraction of sp³-hybridized carbons (Fsp3) is 1.00.